The van der Waals surface area contributed by atoms with E-state index in [9.17, 15) is 0 Å². The molecule has 0 aliphatic rings. The van der Waals surface area contributed by atoms with Crippen LogP contribution in [0.25, 0.3) is 11.0 Å². The Morgan fingerprint density at radius 2 is 1.41 bits per heavy atom. The molecule has 0 aliphatic heterocycles. The Labute approximate surface area is 164 Å². The number of hydrogen-bond donors (Lipinski definition) is 0. The van der Waals surface area contributed by atoms with Crippen molar-refractivity contribution in [3.63, 3.8) is 0 Å². The summed E-state index contributed by atoms with van der Waals surface area (Å²) in [7, 11) is 0. The van der Waals surface area contributed by atoms with Crippen molar-refractivity contribution in [3.8, 4) is 0 Å². The van der Waals surface area contributed by atoms with Crippen LogP contribution in [0.15, 0.2) is 48.5 Å². The molecule has 3 rings (SSSR count). The highest BCUT2D eigenvalue weighted by Gasteiger charge is 2.41. The summed E-state index contributed by atoms with van der Waals surface area (Å²) in [4.78, 5) is 0. The summed E-state index contributed by atoms with van der Waals surface area (Å²) < 4.78 is 5.10. The van der Waals surface area contributed by atoms with Crippen molar-refractivity contribution in [1.29, 1.82) is 0 Å². The van der Waals surface area contributed by atoms with E-state index >= 15 is 0 Å². The Kier molecular flexibility index (Phi) is 5.20. The van der Waals surface area contributed by atoms with Crippen molar-refractivity contribution in [2.45, 2.75) is 78.8 Å². The lowest BCUT2D eigenvalue weighted by Gasteiger charge is -2.28. The van der Waals surface area contributed by atoms with Gasteiger partial charge in [-0.3, -0.25) is 0 Å². The van der Waals surface area contributed by atoms with E-state index in [4.69, 9.17) is 0 Å². The van der Waals surface area contributed by atoms with Crippen LogP contribution in [0.2, 0.25) is 0 Å². The van der Waals surface area contributed by atoms with Gasteiger partial charge in [0.05, 0.1) is 17.5 Å². The Morgan fingerprint density at radius 1 is 0.815 bits per heavy atom. The van der Waals surface area contributed by atoms with Gasteiger partial charge in [-0.15, -0.1) is 0 Å². The first-order valence-electron chi connectivity index (χ1n) is 10.3. The van der Waals surface area contributed by atoms with Gasteiger partial charge in [-0.25, -0.2) is 9.13 Å². The molecule has 1 heterocycles. The minimum atomic E-state index is -0.103. The van der Waals surface area contributed by atoms with Gasteiger partial charge in [0.15, 0.2) is 11.0 Å². The average molecular weight is 364 g/mol. The molecule has 0 radical (unpaired) electrons. The topological polar surface area (TPSA) is 8.81 Å². The van der Waals surface area contributed by atoms with Gasteiger partial charge in [-0.2, -0.15) is 0 Å². The summed E-state index contributed by atoms with van der Waals surface area (Å²) >= 11 is 0. The third-order valence-corrected chi connectivity index (χ3v) is 5.71. The molecule has 0 atom stereocenters. The number of imidazole rings is 1. The lowest BCUT2D eigenvalue weighted by molar-refractivity contribution is -0.702. The van der Waals surface area contributed by atoms with Crippen molar-refractivity contribution < 1.29 is 4.57 Å². The van der Waals surface area contributed by atoms with Crippen molar-refractivity contribution >= 4 is 11.0 Å². The molecule has 3 aromatic rings. The second-order valence-electron chi connectivity index (χ2n) is 9.11. The number of aromatic nitrogens is 2. The van der Waals surface area contributed by atoms with Crippen LogP contribution < -0.4 is 4.57 Å². The Morgan fingerprint density at radius 3 is 2.00 bits per heavy atom. The van der Waals surface area contributed by atoms with Crippen LogP contribution in [0.5, 0.6) is 0 Å². The number of fused-ring (bicyclic) bond motifs is 1. The van der Waals surface area contributed by atoms with Crippen LogP contribution in [0.3, 0.4) is 0 Å². The van der Waals surface area contributed by atoms with Gasteiger partial charge in [0.2, 0.25) is 0 Å². The molecule has 0 spiro atoms. The molecule has 0 bridgehead atoms. The lowest BCUT2D eigenvalue weighted by atomic mass is 9.78. The Hall–Kier alpha value is -2.09. The molecule has 1 aromatic heterocycles. The molecule has 2 aromatic carbocycles. The molecule has 0 saturated heterocycles. The number of benzene rings is 2. The van der Waals surface area contributed by atoms with E-state index in [1.807, 2.05) is 0 Å². The summed E-state index contributed by atoms with van der Waals surface area (Å²) in [5.74, 6) is 1.90. The van der Waals surface area contributed by atoms with Gasteiger partial charge < -0.3 is 0 Å². The average Bonchev–Trinajstić information content (AvgIpc) is 2.98. The van der Waals surface area contributed by atoms with E-state index in [1.54, 1.807) is 0 Å². The van der Waals surface area contributed by atoms with E-state index in [1.165, 1.54) is 28.0 Å². The van der Waals surface area contributed by atoms with Crippen LogP contribution in [0, 0.1) is 0 Å². The van der Waals surface area contributed by atoms with E-state index in [2.05, 4.69) is 113 Å². The van der Waals surface area contributed by atoms with Gasteiger partial charge in [0.25, 0.3) is 5.82 Å². The number of hydrogen-bond acceptors (Lipinski definition) is 0. The molecule has 144 valence electrons. The minimum absolute atomic E-state index is 0.103. The molecule has 0 saturated carbocycles. The maximum atomic E-state index is 2.55. The third kappa shape index (κ3) is 3.20. The smallest absolute Gasteiger partial charge is 0.224 e. The standard InChI is InChI=1S/C25H35N2/c1-17(2)20-13-9-10-14-21(20)25(7,8)24-26(18(3)4)22-15-11-12-16-23(22)27(24)19(5)6/h9-19H,1-8H3/q+1. The minimum Gasteiger partial charge on any atom is -0.224 e. The molecule has 0 N–H and O–H groups in total. The highest BCUT2D eigenvalue weighted by atomic mass is 15.2. The maximum absolute atomic E-state index is 2.55. The number of rotatable bonds is 5. The van der Waals surface area contributed by atoms with Crippen LogP contribution in [-0.4, -0.2) is 4.57 Å². The zero-order valence-electron chi connectivity index (χ0n) is 18.2. The molecular weight excluding hydrogens is 328 g/mol. The zero-order chi connectivity index (χ0) is 19.9. The summed E-state index contributed by atoms with van der Waals surface area (Å²) in [6.07, 6.45) is 0. The first kappa shape index (κ1) is 19.7. The van der Waals surface area contributed by atoms with Gasteiger partial charge in [0, 0.05) is 0 Å². The highest BCUT2D eigenvalue weighted by molar-refractivity contribution is 5.73. The first-order valence-corrected chi connectivity index (χ1v) is 10.3. The van der Waals surface area contributed by atoms with Crippen LogP contribution in [0.1, 0.15) is 90.3 Å². The second-order valence-corrected chi connectivity index (χ2v) is 9.11. The SMILES string of the molecule is CC(C)c1ccccc1C(C)(C)c1n(C(C)C)c2ccccc2[n+]1C(C)C. The van der Waals surface area contributed by atoms with E-state index in [-0.39, 0.29) is 5.41 Å². The quantitative estimate of drug-likeness (QED) is 0.455. The summed E-state index contributed by atoms with van der Waals surface area (Å²) in [5, 5.41) is 0. The fraction of sp³-hybridized carbons (Fsp3) is 0.480. The molecule has 0 unspecified atom stereocenters. The second kappa shape index (κ2) is 7.14. The Bertz CT molecular complexity index is 897. The normalized spacial score (nSPS) is 12.7. The van der Waals surface area contributed by atoms with Crippen molar-refractivity contribution in [2.24, 2.45) is 0 Å². The third-order valence-electron chi connectivity index (χ3n) is 5.71. The molecule has 2 nitrogen and oxygen atoms in total. The predicted octanol–water partition coefficient (Wildman–Crippen LogP) is 6.54. The number of para-hydroxylation sites is 2. The van der Waals surface area contributed by atoms with E-state index in [0.29, 0.717) is 18.0 Å². The van der Waals surface area contributed by atoms with Gasteiger partial charge in [-0.05, 0) is 70.7 Å². The van der Waals surface area contributed by atoms with Crippen LogP contribution in [0.4, 0.5) is 0 Å². The van der Waals surface area contributed by atoms with Crippen molar-refractivity contribution in [1.82, 2.24) is 4.57 Å². The zero-order valence-corrected chi connectivity index (χ0v) is 18.2. The van der Waals surface area contributed by atoms with Crippen LogP contribution in [-0.2, 0) is 5.41 Å². The molecule has 0 amide bonds. The fourth-order valence-corrected chi connectivity index (χ4v) is 4.55. The summed E-state index contributed by atoms with van der Waals surface area (Å²) in [6.45, 7) is 18.6. The van der Waals surface area contributed by atoms with Crippen molar-refractivity contribution in [3.05, 3.63) is 65.5 Å². The molecule has 0 fully saturated rings. The maximum Gasteiger partial charge on any atom is 0.268 e. The lowest BCUT2D eigenvalue weighted by Crippen LogP contribution is -2.46. The Balaban J connectivity index is 2.43. The first-order chi connectivity index (χ1) is 12.7. The monoisotopic (exact) mass is 363 g/mol. The van der Waals surface area contributed by atoms with Crippen molar-refractivity contribution in [2.75, 3.05) is 0 Å². The van der Waals surface area contributed by atoms with Gasteiger partial charge in [-0.1, -0.05) is 50.2 Å². The highest BCUT2D eigenvalue weighted by Crippen LogP contribution is 2.38. The van der Waals surface area contributed by atoms with Crippen LogP contribution >= 0.6 is 0 Å². The van der Waals surface area contributed by atoms with E-state index in [0.717, 1.165) is 0 Å². The molecular formula is C25H35N2+. The predicted molar refractivity (Wildman–Crippen MR) is 116 cm³/mol. The van der Waals surface area contributed by atoms with Gasteiger partial charge in [0.1, 0.15) is 0 Å². The fourth-order valence-electron chi connectivity index (χ4n) is 4.55. The summed E-state index contributed by atoms with van der Waals surface area (Å²) in [5.41, 5.74) is 5.42. The molecule has 27 heavy (non-hydrogen) atoms. The van der Waals surface area contributed by atoms with E-state index < -0.39 is 0 Å². The number of nitrogens with zero attached hydrogens (tertiary/aromatic N) is 2. The van der Waals surface area contributed by atoms with Gasteiger partial charge >= 0.3 is 0 Å². The molecule has 0 aliphatic carbocycles. The molecule has 2 heteroatoms. The summed E-state index contributed by atoms with van der Waals surface area (Å²) in [6, 6.07) is 18.6. The largest absolute Gasteiger partial charge is 0.268 e.